The van der Waals surface area contributed by atoms with Crippen LogP contribution in [0.15, 0.2) is 60.7 Å². The van der Waals surface area contributed by atoms with Crippen molar-refractivity contribution in [2.45, 2.75) is 12.8 Å². The van der Waals surface area contributed by atoms with Crippen LogP contribution in [0.25, 0.3) is 0 Å². The lowest BCUT2D eigenvalue weighted by atomic mass is 9.62. The van der Waals surface area contributed by atoms with Gasteiger partial charge in [0.05, 0.1) is 11.8 Å². The monoisotopic (exact) mass is 397 g/mol. The Morgan fingerprint density at radius 1 is 0.893 bits per heavy atom. The highest BCUT2D eigenvalue weighted by Crippen LogP contribution is 2.45. The average molecular weight is 398 g/mol. The molecular weight excluding hydrogens is 378 g/mol. The van der Waals surface area contributed by atoms with Crippen molar-refractivity contribution in [3.8, 4) is 11.5 Å². The molecule has 3 aliphatic rings. The van der Waals surface area contributed by atoms with Crippen molar-refractivity contribution in [2.75, 3.05) is 5.32 Å². The maximum Gasteiger partial charge on any atom is 0.307 e. The summed E-state index contributed by atoms with van der Waals surface area (Å²) in [5, 5.41) is 13.1. The van der Waals surface area contributed by atoms with Gasteiger partial charge in [-0.25, -0.2) is 0 Å². The molecule has 5 nitrogen and oxygen atoms in total. The largest absolute Gasteiger partial charge is 0.481 e. The van der Waals surface area contributed by atoms with Crippen molar-refractivity contribution >= 4 is 29.2 Å². The predicted molar refractivity (Wildman–Crippen MR) is 107 cm³/mol. The van der Waals surface area contributed by atoms with E-state index in [1.54, 1.807) is 48.5 Å². The molecule has 2 N–H and O–H groups in total. The smallest absolute Gasteiger partial charge is 0.307 e. The minimum Gasteiger partial charge on any atom is -0.481 e. The summed E-state index contributed by atoms with van der Waals surface area (Å²) in [4.78, 5) is 24.5. The van der Waals surface area contributed by atoms with Gasteiger partial charge in [-0.1, -0.05) is 23.8 Å². The lowest BCUT2D eigenvalue weighted by Gasteiger charge is -2.41. The average Bonchev–Trinajstić information content (AvgIpc) is 2.71. The van der Waals surface area contributed by atoms with E-state index in [0.717, 1.165) is 12.8 Å². The Morgan fingerprint density at radius 3 is 1.96 bits per heavy atom. The number of allylic oxidation sites excluding steroid dienone is 2. The number of nitrogens with one attached hydrogen (secondary N) is 1. The van der Waals surface area contributed by atoms with Crippen LogP contribution in [0.5, 0.6) is 11.5 Å². The van der Waals surface area contributed by atoms with Crippen LogP contribution in [-0.4, -0.2) is 17.0 Å². The molecular formula is C22H20ClNO4. The number of aliphatic carboxylic acids is 1. The van der Waals surface area contributed by atoms with Gasteiger partial charge in [0.1, 0.15) is 11.5 Å². The van der Waals surface area contributed by atoms with Gasteiger partial charge in [0.15, 0.2) is 0 Å². The SMILES string of the molecule is O=C(O)[C@@H]1[C@@H](C(=O)Nc2ccc(Oc3ccc(Cl)cc3)cc2)[C@H]2C=C[C@H]1CC2. The zero-order valence-electron chi connectivity index (χ0n) is 15.0. The summed E-state index contributed by atoms with van der Waals surface area (Å²) in [5.41, 5.74) is 0.614. The molecule has 0 heterocycles. The number of carbonyl (C=O) groups is 2. The quantitative estimate of drug-likeness (QED) is 0.697. The Morgan fingerprint density at radius 2 is 1.43 bits per heavy atom. The fourth-order valence-corrected chi connectivity index (χ4v) is 4.28. The van der Waals surface area contributed by atoms with Crippen molar-refractivity contribution in [2.24, 2.45) is 23.7 Å². The molecule has 0 aliphatic heterocycles. The maximum atomic E-state index is 12.8. The van der Waals surface area contributed by atoms with Gasteiger partial charge >= 0.3 is 5.97 Å². The van der Waals surface area contributed by atoms with Crippen molar-refractivity contribution in [3.63, 3.8) is 0 Å². The van der Waals surface area contributed by atoms with Crippen LogP contribution in [0.2, 0.25) is 5.02 Å². The van der Waals surface area contributed by atoms with Crippen molar-refractivity contribution in [3.05, 3.63) is 65.7 Å². The van der Waals surface area contributed by atoms with Crippen LogP contribution in [0, 0.1) is 23.7 Å². The minimum atomic E-state index is -0.897. The Labute approximate surface area is 168 Å². The third kappa shape index (κ3) is 3.76. The van der Waals surface area contributed by atoms with E-state index in [0.29, 0.717) is 22.2 Å². The van der Waals surface area contributed by atoms with Gasteiger partial charge in [0.25, 0.3) is 0 Å². The van der Waals surface area contributed by atoms with E-state index < -0.39 is 17.8 Å². The van der Waals surface area contributed by atoms with Gasteiger partial charge in [-0.15, -0.1) is 0 Å². The molecule has 0 aromatic heterocycles. The van der Waals surface area contributed by atoms with E-state index in [2.05, 4.69) is 5.32 Å². The first kappa shape index (κ1) is 18.6. The standard InChI is InChI=1S/C22H20ClNO4/c23-15-5-9-17(10-6-15)28-18-11-7-16(8-12-18)24-21(25)19-13-1-3-14(4-2-13)20(19)22(26)27/h1,3,5-14,19-20H,2,4H2,(H,24,25)(H,26,27)/t13-,14-,19-,20-/m0/s1. The van der Waals surface area contributed by atoms with Gasteiger partial charge in [-0.2, -0.15) is 0 Å². The predicted octanol–water partition coefficient (Wildman–Crippen LogP) is 4.98. The third-order valence-corrected chi connectivity index (χ3v) is 5.76. The highest BCUT2D eigenvalue weighted by molar-refractivity contribution is 6.30. The van der Waals surface area contributed by atoms with Crippen molar-refractivity contribution < 1.29 is 19.4 Å². The number of anilines is 1. The second kappa shape index (κ2) is 7.68. The van der Waals surface area contributed by atoms with Crippen LogP contribution in [-0.2, 0) is 9.59 Å². The molecule has 1 saturated carbocycles. The molecule has 1 amide bonds. The van der Waals surface area contributed by atoms with Crippen molar-refractivity contribution in [1.29, 1.82) is 0 Å². The van der Waals surface area contributed by atoms with Crippen LogP contribution in [0.3, 0.4) is 0 Å². The zero-order valence-corrected chi connectivity index (χ0v) is 15.8. The van der Waals surface area contributed by atoms with Crippen LogP contribution in [0.4, 0.5) is 5.69 Å². The highest BCUT2D eigenvalue weighted by atomic mass is 35.5. The number of hydrogen-bond donors (Lipinski definition) is 2. The number of carbonyl (C=O) groups excluding carboxylic acids is 1. The number of carboxylic acid groups (broad SMARTS) is 1. The molecule has 0 radical (unpaired) electrons. The summed E-state index contributed by atoms with van der Waals surface area (Å²) < 4.78 is 5.74. The van der Waals surface area contributed by atoms with E-state index >= 15 is 0 Å². The zero-order chi connectivity index (χ0) is 19.7. The Hall–Kier alpha value is -2.79. The van der Waals surface area contributed by atoms with E-state index in [-0.39, 0.29) is 17.7 Å². The second-order valence-electron chi connectivity index (χ2n) is 7.25. The van der Waals surface area contributed by atoms with Gasteiger partial charge in [-0.3, -0.25) is 9.59 Å². The molecule has 144 valence electrons. The molecule has 0 saturated heterocycles. The van der Waals surface area contributed by atoms with Crippen LogP contribution >= 0.6 is 11.6 Å². The molecule has 6 heteroatoms. The summed E-state index contributed by atoms with van der Waals surface area (Å²) in [6.07, 6.45) is 5.65. The maximum absolute atomic E-state index is 12.8. The van der Waals surface area contributed by atoms with Gasteiger partial charge in [0.2, 0.25) is 5.91 Å². The number of amides is 1. The van der Waals surface area contributed by atoms with Crippen molar-refractivity contribution in [1.82, 2.24) is 0 Å². The molecule has 2 bridgehead atoms. The Bertz CT molecular complexity index is 907. The third-order valence-electron chi connectivity index (χ3n) is 5.51. The highest BCUT2D eigenvalue weighted by Gasteiger charge is 2.48. The van der Waals surface area contributed by atoms with Crippen LogP contribution < -0.4 is 10.1 Å². The summed E-state index contributed by atoms with van der Waals surface area (Å²) in [6, 6.07) is 14.0. The molecule has 28 heavy (non-hydrogen) atoms. The number of benzene rings is 2. The van der Waals surface area contributed by atoms with Gasteiger partial charge < -0.3 is 15.2 Å². The Balaban J connectivity index is 1.44. The Kier molecular flexibility index (Phi) is 5.09. The van der Waals surface area contributed by atoms with Crippen LogP contribution in [0.1, 0.15) is 12.8 Å². The number of ether oxygens (including phenoxy) is 1. The summed E-state index contributed by atoms with van der Waals surface area (Å²) in [7, 11) is 0. The van der Waals surface area contributed by atoms with Gasteiger partial charge in [0, 0.05) is 10.7 Å². The number of rotatable bonds is 5. The molecule has 2 aromatic carbocycles. The normalized spacial score (nSPS) is 25.3. The summed E-state index contributed by atoms with van der Waals surface area (Å²) in [6.45, 7) is 0. The molecule has 0 spiro atoms. The molecule has 5 rings (SSSR count). The van der Waals surface area contributed by atoms with Gasteiger partial charge in [-0.05, 0) is 73.2 Å². The number of fused-ring (bicyclic) bond motifs is 2. The second-order valence-corrected chi connectivity index (χ2v) is 7.69. The molecule has 2 aromatic rings. The summed E-state index contributed by atoms with van der Waals surface area (Å²) >= 11 is 5.86. The first-order valence-electron chi connectivity index (χ1n) is 9.27. The summed E-state index contributed by atoms with van der Waals surface area (Å²) in [5.74, 6) is -1.11. The lowest BCUT2D eigenvalue weighted by molar-refractivity contribution is -0.151. The van der Waals surface area contributed by atoms with E-state index in [4.69, 9.17) is 16.3 Å². The van der Waals surface area contributed by atoms with E-state index in [1.807, 2.05) is 12.2 Å². The number of hydrogen-bond acceptors (Lipinski definition) is 3. The number of carboxylic acids is 1. The fraction of sp³-hybridized carbons (Fsp3) is 0.273. The van der Waals surface area contributed by atoms with E-state index in [1.165, 1.54) is 0 Å². The first-order valence-corrected chi connectivity index (χ1v) is 9.64. The molecule has 4 atom stereocenters. The first-order chi connectivity index (χ1) is 13.5. The topological polar surface area (TPSA) is 75.6 Å². The number of halogens is 1. The fourth-order valence-electron chi connectivity index (χ4n) is 4.16. The lowest BCUT2D eigenvalue weighted by Crippen LogP contribution is -2.47. The molecule has 1 fully saturated rings. The molecule has 0 unspecified atom stereocenters. The minimum absolute atomic E-state index is 0.0152. The van der Waals surface area contributed by atoms with E-state index in [9.17, 15) is 14.7 Å². The molecule has 3 aliphatic carbocycles.